The van der Waals surface area contributed by atoms with Crippen LogP contribution < -0.4 is 5.56 Å². The third-order valence-electron chi connectivity index (χ3n) is 6.30. The van der Waals surface area contributed by atoms with Crippen LogP contribution in [0.4, 0.5) is 4.39 Å². The predicted octanol–water partition coefficient (Wildman–Crippen LogP) is 2.97. The molecule has 21 heteroatoms. The summed E-state index contributed by atoms with van der Waals surface area (Å²) in [5, 5.41) is 0.338. The molecule has 2 aliphatic rings. The number of nitrogens with zero attached hydrogens (tertiary/aromatic N) is 6. The van der Waals surface area contributed by atoms with E-state index in [0.29, 0.717) is 16.2 Å². The van der Waals surface area contributed by atoms with E-state index in [1.807, 2.05) is 0 Å². The molecule has 2 aliphatic heterocycles. The number of hydrogen-bond acceptors (Lipinski definition) is 12. The van der Waals surface area contributed by atoms with Gasteiger partial charge in [-0.15, -0.1) is 0 Å². The number of alkyl halides is 1. The van der Waals surface area contributed by atoms with Crippen LogP contribution in [0.5, 0.6) is 0 Å². The molecule has 0 aromatic carbocycles. The molecule has 6 heterocycles. The van der Waals surface area contributed by atoms with E-state index in [1.54, 1.807) is 17.6 Å². The van der Waals surface area contributed by atoms with Crippen LogP contribution in [0.1, 0.15) is 17.9 Å². The molecule has 2 unspecified atom stereocenters. The first-order valence-electron chi connectivity index (χ1n) is 11.9. The fourth-order valence-corrected chi connectivity index (χ4v) is 7.19. The van der Waals surface area contributed by atoms with Crippen LogP contribution in [-0.4, -0.2) is 70.5 Å². The number of imidazole rings is 2. The van der Waals surface area contributed by atoms with Gasteiger partial charge in [0.05, 0.1) is 24.6 Å². The van der Waals surface area contributed by atoms with Crippen molar-refractivity contribution in [1.82, 2.24) is 34.1 Å². The zero-order valence-electron chi connectivity index (χ0n) is 20.9. The first-order chi connectivity index (χ1) is 19.4. The first-order valence-corrected chi connectivity index (χ1v) is 17.6. The molecule has 15 nitrogen and oxygen atoms in total. The normalized spacial score (nSPS) is 31.6. The van der Waals surface area contributed by atoms with Gasteiger partial charge in [-0.1, -0.05) is 23.8 Å². The molecule has 0 saturated carbocycles. The second-order valence-corrected chi connectivity index (χ2v) is 15.2. The number of pyridine rings is 1. The van der Waals surface area contributed by atoms with E-state index < -0.39 is 50.3 Å². The molecule has 2 bridgehead atoms. The molecule has 41 heavy (non-hydrogen) atoms. The Bertz CT molecular complexity index is 1810. The predicted molar refractivity (Wildman–Crippen MR) is 149 cm³/mol. The van der Waals surface area contributed by atoms with E-state index in [4.69, 9.17) is 46.2 Å². The molecule has 0 amide bonds. The average molecular weight is 668 g/mol. The zero-order valence-corrected chi connectivity index (χ0v) is 25.1. The molecule has 0 radical (unpaired) electrons. The molecule has 6 atom stereocenters. The molecular weight excluding hydrogens is 647 g/mol. The van der Waals surface area contributed by atoms with E-state index >= 15 is 4.39 Å². The Hall–Kier alpha value is -1.82. The van der Waals surface area contributed by atoms with Gasteiger partial charge in [0, 0.05) is 12.7 Å². The van der Waals surface area contributed by atoms with Crippen molar-refractivity contribution in [1.29, 1.82) is 0 Å². The quantitative estimate of drug-likeness (QED) is 0.200. The fraction of sp³-hybridized carbons (Fsp3) is 0.450. The average Bonchev–Trinajstić information content (AvgIpc) is 3.55. The first kappa shape index (κ1) is 29.3. The zero-order chi connectivity index (χ0) is 29.1. The van der Waals surface area contributed by atoms with Crippen LogP contribution in [0.25, 0.3) is 22.3 Å². The Morgan fingerprint density at radius 3 is 2.88 bits per heavy atom. The van der Waals surface area contributed by atoms with E-state index in [-0.39, 0.29) is 42.6 Å². The van der Waals surface area contributed by atoms with Crippen molar-refractivity contribution in [3.8, 4) is 0 Å². The van der Waals surface area contributed by atoms with Crippen LogP contribution in [-0.2, 0) is 52.4 Å². The maximum atomic E-state index is 15.9. The number of aromatic nitrogens is 7. The van der Waals surface area contributed by atoms with Crippen molar-refractivity contribution in [2.45, 2.75) is 44.7 Å². The van der Waals surface area contributed by atoms with Gasteiger partial charge in [0.25, 0.3) is 5.56 Å². The van der Waals surface area contributed by atoms with E-state index in [0.717, 1.165) is 0 Å². The van der Waals surface area contributed by atoms with Gasteiger partial charge in [0.15, 0.2) is 29.2 Å². The Balaban J connectivity index is 1.38. The number of thiol groups is 1. The van der Waals surface area contributed by atoms with E-state index in [9.17, 15) is 14.3 Å². The molecular formula is C20H21ClFN7O8P2S2. The molecule has 0 spiro atoms. The van der Waals surface area contributed by atoms with Crippen LogP contribution in [0, 0.1) is 6.92 Å². The molecule has 1 fully saturated rings. The largest absolute Gasteiger partial charge is 0.387 e. The SMILES string of the molecule is Cc1nc2c(ncn2[C@@H]2O[C@@H]3COP(O)(=S)OCCn4c(nc5cc(Cl)cnc54)COP(=O)(S)O[C@@H]2[C@H]3F)c(=O)[nH]1. The molecule has 0 aliphatic carbocycles. The third-order valence-corrected chi connectivity index (χ3v) is 9.72. The lowest BCUT2D eigenvalue weighted by Crippen LogP contribution is -2.32. The summed E-state index contributed by atoms with van der Waals surface area (Å²) in [7, 11) is 0. The molecule has 4 aromatic heterocycles. The number of aryl methyl sites for hydroxylation is 1. The molecule has 220 valence electrons. The van der Waals surface area contributed by atoms with Gasteiger partial charge in [-0.25, -0.2) is 28.9 Å². The number of rotatable bonds is 1. The second kappa shape index (κ2) is 11.0. The summed E-state index contributed by atoms with van der Waals surface area (Å²) < 4.78 is 60.0. The summed E-state index contributed by atoms with van der Waals surface area (Å²) in [5.41, 5.74) is 0.329. The van der Waals surface area contributed by atoms with Crippen molar-refractivity contribution >= 4 is 71.5 Å². The van der Waals surface area contributed by atoms with Crippen LogP contribution in [0.15, 0.2) is 23.4 Å². The van der Waals surface area contributed by atoms with Gasteiger partial charge >= 0.3 is 13.5 Å². The molecule has 4 aromatic rings. The van der Waals surface area contributed by atoms with Crippen molar-refractivity contribution < 1.29 is 36.7 Å². The van der Waals surface area contributed by atoms with Gasteiger partial charge in [0.1, 0.15) is 36.0 Å². The Labute approximate surface area is 245 Å². The summed E-state index contributed by atoms with van der Waals surface area (Å²) in [5.74, 6) is 0.512. The Morgan fingerprint density at radius 1 is 1.27 bits per heavy atom. The van der Waals surface area contributed by atoms with Gasteiger partial charge in [0.2, 0.25) is 0 Å². The number of fused-ring (bicyclic) bond motifs is 6. The number of nitrogens with one attached hydrogen (secondary N) is 1. The number of ether oxygens (including phenoxy) is 1. The highest BCUT2D eigenvalue weighted by molar-refractivity contribution is 8.44. The van der Waals surface area contributed by atoms with Crippen molar-refractivity contribution in [3.63, 3.8) is 0 Å². The van der Waals surface area contributed by atoms with E-state index in [2.05, 4.69) is 37.2 Å². The third kappa shape index (κ3) is 5.88. The molecule has 6 rings (SSSR count). The molecule has 2 N–H and O–H groups in total. The topological polar surface area (TPSA) is 178 Å². The number of hydrogen-bond donors (Lipinski definition) is 3. The van der Waals surface area contributed by atoms with Gasteiger partial charge < -0.3 is 28.2 Å². The summed E-state index contributed by atoms with van der Waals surface area (Å²) in [6.45, 7) is -7.56. The maximum absolute atomic E-state index is 15.9. The maximum Gasteiger partial charge on any atom is 0.387 e. The monoisotopic (exact) mass is 667 g/mol. The van der Waals surface area contributed by atoms with Crippen molar-refractivity contribution in [3.05, 3.63) is 45.6 Å². The minimum Gasteiger partial charge on any atom is -0.346 e. The number of aromatic amines is 1. The summed E-state index contributed by atoms with van der Waals surface area (Å²) in [6.07, 6.45) is -3.66. The minimum atomic E-state index is -4.29. The number of halogens is 2. The van der Waals surface area contributed by atoms with Crippen LogP contribution in [0.2, 0.25) is 5.02 Å². The molecule has 1 saturated heterocycles. The summed E-state index contributed by atoms with van der Waals surface area (Å²) in [6, 6.07) is 1.57. The lowest BCUT2D eigenvalue weighted by Gasteiger charge is -2.24. The van der Waals surface area contributed by atoms with Gasteiger partial charge in [-0.2, -0.15) is 0 Å². The highest BCUT2D eigenvalue weighted by Gasteiger charge is 2.51. The smallest absolute Gasteiger partial charge is 0.346 e. The lowest BCUT2D eigenvalue weighted by molar-refractivity contribution is -0.0453. The van der Waals surface area contributed by atoms with Crippen LogP contribution >= 0.6 is 37.4 Å². The van der Waals surface area contributed by atoms with E-state index in [1.165, 1.54) is 17.1 Å². The second-order valence-electron chi connectivity index (χ2n) is 9.07. The summed E-state index contributed by atoms with van der Waals surface area (Å²) >= 11 is 15.2. The number of H-pyrrole nitrogens is 1. The van der Waals surface area contributed by atoms with Crippen molar-refractivity contribution in [2.75, 3.05) is 13.2 Å². The van der Waals surface area contributed by atoms with Gasteiger partial charge in [-0.3, -0.25) is 18.4 Å². The standard InChI is InChI=1S/C20H21ClFN7O8P2S2/c1-9-25-18-15(19(30)26-9)24-8-29(18)20-16-14(22)12(36-20)6-34-38(31,40)33-3-2-28-13(7-35-39(32,41)37-16)27-11-4-10(21)5-23-17(11)28/h4-5,8,12,14,16,20H,2-3,6-7H2,1H3,(H,31,40)(H,32,41)(H,25,26,30)/t12-,14+,16-,20-,38?,39?/m1/s1. The minimum absolute atomic E-state index is 0.0348. The highest BCUT2D eigenvalue weighted by atomic mass is 35.5. The van der Waals surface area contributed by atoms with Crippen molar-refractivity contribution in [2.24, 2.45) is 0 Å². The Morgan fingerprint density at radius 2 is 2.07 bits per heavy atom. The van der Waals surface area contributed by atoms with Crippen LogP contribution in [0.3, 0.4) is 0 Å². The lowest BCUT2D eigenvalue weighted by atomic mass is 10.1. The summed E-state index contributed by atoms with van der Waals surface area (Å²) in [4.78, 5) is 42.6. The Kier molecular flexibility index (Phi) is 7.87. The fourth-order valence-electron chi connectivity index (χ4n) is 4.54. The highest BCUT2D eigenvalue weighted by Crippen LogP contribution is 2.57. The van der Waals surface area contributed by atoms with Gasteiger partial charge in [-0.05, 0) is 24.8 Å².